The van der Waals surface area contributed by atoms with E-state index in [4.69, 9.17) is 0 Å². The van der Waals surface area contributed by atoms with Crippen LogP contribution in [-0.2, 0) is 11.2 Å². The summed E-state index contributed by atoms with van der Waals surface area (Å²) in [6, 6.07) is 2.44. The maximum Gasteiger partial charge on any atom is 0.143 e. The summed E-state index contributed by atoms with van der Waals surface area (Å²) in [4.78, 5) is 12.0. The van der Waals surface area contributed by atoms with Crippen LogP contribution in [0.25, 0.3) is 0 Å². The highest BCUT2D eigenvalue weighted by atomic mass is 16.1. The van der Waals surface area contributed by atoms with E-state index in [9.17, 15) is 4.79 Å². The summed E-state index contributed by atoms with van der Waals surface area (Å²) in [6.45, 7) is 6.15. The minimum atomic E-state index is 0.197. The van der Waals surface area contributed by atoms with Crippen LogP contribution in [0.2, 0.25) is 0 Å². The standard InChI is InChI=1S/C14H23N3O/c1-3-13(4-2)17-8-6-12(16-17)9-14(18)11-5-7-15-10-11/h6,8,11,13,15H,3-5,7,9-10H2,1-2H3. The van der Waals surface area contributed by atoms with Gasteiger partial charge in [-0.05, 0) is 31.9 Å². The van der Waals surface area contributed by atoms with Crippen LogP contribution >= 0.6 is 0 Å². The number of aromatic nitrogens is 2. The number of carbonyl (C=O) groups is 1. The minimum Gasteiger partial charge on any atom is -0.316 e. The summed E-state index contributed by atoms with van der Waals surface area (Å²) in [7, 11) is 0. The number of hydrogen-bond acceptors (Lipinski definition) is 3. The molecule has 0 spiro atoms. The Labute approximate surface area is 109 Å². The van der Waals surface area contributed by atoms with Crippen molar-refractivity contribution in [2.24, 2.45) is 5.92 Å². The van der Waals surface area contributed by atoms with Crippen molar-refractivity contribution in [1.29, 1.82) is 0 Å². The molecule has 1 saturated heterocycles. The van der Waals surface area contributed by atoms with E-state index in [0.29, 0.717) is 18.2 Å². The molecule has 18 heavy (non-hydrogen) atoms. The Bertz CT molecular complexity index is 389. The van der Waals surface area contributed by atoms with Crippen LogP contribution < -0.4 is 5.32 Å². The summed E-state index contributed by atoms with van der Waals surface area (Å²) in [6.07, 6.45) is 5.63. The van der Waals surface area contributed by atoms with Gasteiger partial charge in [0.15, 0.2) is 0 Å². The third-order valence-electron chi connectivity index (χ3n) is 3.85. The highest BCUT2D eigenvalue weighted by Crippen LogP contribution is 2.16. The second-order valence-electron chi connectivity index (χ2n) is 5.09. The second-order valence-corrected chi connectivity index (χ2v) is 5.09. The third-order valence-corrected chi connectivity index (χ3v) is 3.85. The van der Waals surface area contributed by atoms with Gasteiger partial charge in [-0.1, -0.05) is 13.8 Å². The van der Waals surface area contributed by atoms with Gasteiger partial charge in [-0.15, -0.1) is 0 Å². The van der Waals surface area contributed by atoms with Gasteiger partial charge in [-0.2, -0.15) is 5.10 Å². The Kier molecular flexibility index (Phi) is 4.53. The maximum absolute atomic E-state index is 12.0. The van der Waals surface area contributed by atoms with Crippen molar-refractivity contribution in [2.75, 3.05) is 13.1 Å². The first-order chi connectivity index (χ1) is 8.74. The van der Waals surface area contributed by atoms with Gasteiger partial charge < -0.3 is 5.32 Å². The SMILES string of the molecule is CCC(CC)n1ccc(CC(=O)C2CCNC2)n1. The lowest BCUT2D eigenvalue weighted by atomic mass is 10.00. The van der Waals surface area contributed by atoms with Crippen LogP contribution in [0.1, 0.15) is 44.8 Å². The molecule has 0 saturated carbocycles. The summed E-state index contributed by atoms with van der Waals surface area (Å²) in [5.74, 6) is 0.526. The zero-order chi connectivity index (χ0) is 13.0. The van der Waals surface area contributed by atoms with Gasteiger partial charge in [0.1, 0.15) is 5.78 Å². The van der Waals surface area contributed by atoms with E-state index < -0.39 is 0 Å². The quantitative estimate of drug-likeness (QED) is 0.838. The Morgan fingerprint density at radius 1 is 1.56 bits per heavy atom. The van der Waals surface area contributed by atoms with Crippen LogP contribution in [-0.4, -0.2) is 28.7 Å². The fraction of sp³-hybridized carbons (Fsp3) is 0.714. The van der Waals surface area contributed by atoms with Crippen LogP contribution in [0.4, 0.5) is 0 Å². The predicted molar refractivity (Wildman–Crippen MR) is 71.5 cm³/mol. The fourth-order valence-electron chi connectivity index (χ4n) is 2.59. The molecule has 1 atom stereocenters. The Morgan fingerprint density at radius 3 is 2.94 bits per heavy atom. The van der Waals surface area contributed by atoms with Gasteiger partial charge >= 0.3 is 0 Å². The molecular formula is C14H23N3O. The van der Waals surface area contributed by atoms with Crippen molar-refractivity contribution >= 4 is 5.78 Å². The van der Waals surface area contributed by atoms with Crippen molar-refractivity contribution in [3.63, 3.8) is 0 Å². The average Bonchev–Trinajstić information content (AvgIpc) is 3.01. The average molecular weight is 249 g/mol. The molecule has 0 amide bonds. The summed E-state index contributed by atoms with van der Waals surface area (Å²) in [5, 5.41) is 7.77. The number of carbonyl (C=O) groups excluding carboxylic acids is 1. The highest BCUT2D eigenvalue weighted by molar-refractivity contribution is 5.83. The molecule has 4 nitrogen and oxygen atoms in total. The number of nitrogens with one attached hydrogen (secondary N) is 1. The van der Waals surface area contributed by atoms with Gasteiger partial charge in [0.25, 0.3) is 0 Å². The first-order valence-corrected chi connectivity index (χ1v) is 7.02. The normalized spacial score (nSPS) is 19.6. The topological polar surface area (TPSA) is 46.9 Å². The van der Waals surface area contributed by atoms with Gasteiger partial charge in [-0.25, -0.2) is 0 Å². The highest BCUT2D eigenvalue weighted by Gasteiger charge is 2.23. The molecule has 0 bridgehead atoms. The lowest BCUT2D eigenvalue weighted by Gasteiger charge is -2.12. The van der Waals surface area contributed by atoms with E-state index in [2.05, 4.69) is 24.3 Å². The molecule has 1 aliphatic heterocycles. The third kappa shape index (κ3) is 2.99. The second kappa shape index (κ2) is 6.14. The molecule has 4 heteroatoms. The van der Waals surface area contributed by atoms with Crippen LogP contribution in [0.3, 0.4) is 0 Å². The number of Topliss-reactive ketones (excluding diaryl/α,β-unsaturated/α-hetero) is 1. The van der Waals surface area contributed by atoms with Crippen LogP contribution in [0.15, 0.2) is 12.3 Å². The Balaban J connectivity index is 1.95. The molecule has 0 aromatic carbocycles. The molecule has 1 N–H and O–H groups in total. The van der Waals surface area contributed by atoms with Crippen LogP contribution in [0, 0.1) is 5.92 Å². The Hall–Kier alpha value is -1.16. The first-order valence-electron chi connectivity index (χ1n) is 7.02. The molecule has 1 aromatic rings. The molecule has 1 aliphatic rings. The number of ketones is 1. The van der Waals surface area contributed by atoms with Gasteiger partial charge in [0.2, 0.25) is 0 Å². The zero-order valence-electron chi connectivity index (χ0n) is 11.4. The fourth-order valence-corrected chi connectivity index (χ4v) is 2.59. The molecule has 1 unspecified atom stereocenters. The minimum absolute atomic E-state index is 0.197. The van der Waals surface area contributed by atoms with Gasteiger partial charge in [0.05, 0.1) is 18.2 Å². The molecular weight excluding hydrogens is 226 g/mol. The van der Waals surface area contributed by atoms with E-state index in [1.807, 2.05) is 16.9 Å². The Morgan fingerprint density at radius 2 is 2.33 bits per heavy atom. The predicted octanol–water partition coefficient (Wildman–Crippen LogP) is 1.97. The van der Waals surface area contributed by atoms with Crippen molar-refractivity contribution in [3.8, 4) is 0 Å². The smallest absolute Gasteiger partial charge is 0.143 e. The molecule has 100 valence electrons. The largest absolute Gasteiger partial charge is 0.316 e. The summed E-state index contributed by atoms with van der Waals surface area (Å²) in [5.41, 5.74) is 0.916. The van der Waals surface area contributed by atoms with E-state index in [1.165, 1.54) is 0 Å². The number of rotatable bonds is 6. The van der Waals surface area contributed by atoms with Crippen molar-refractivity contribution in [3.05, 3.63) is 18.0 Å². The summed E-state index contributed by atoms with van der Waals surface area (Å²) >= 11 is 0. The molecule has 0 radical (unpaired) electrons. The first kappa shape index (κ1) is 13.3. The zero-order valence-corrected chi connectivity index (χ0v) is 11.4. The molecule has 1 fully saturated rings. The van der Waals surface area contributed by atoms with E-state index in [0.717, 1.165) is 38.0 Å². The maximum atomic E-state index is 12.0. The van der Waals surface area contributed by atoms with E-state index in [1.54, 1.807) is 0 Å². The van der Waals surface area contributed by atoms with Crippen molar-refractivity contribution in [2.45, 2.75) is 45.6 Å². The molecule has 0 aliphatic carbocycles. The monoisotopic (exact) mass is 249 g/mol. The van der Waals surface area contributed by atoms with Gasteiger partial charge in [-0.3, -0.25) is 9.48 Å². The number of nitrogens with zero attached hydrogens (tertiary/aromatic N) is 2. The lowest BCUT2D eigenvalue weighted by Crippen LogP contribution is -2.20. The lowest BCUT2D eigenvalue weighted by molar-refractivity contribution is -0.121. The molecule has 2 heterocycles. The van der Waals surface area contributed by atoms with Gasteiger partial charge in [0, 0.05) is 18.7 Å². The number of hydrogen-bond donors (Lipinski definition) is 1. The summed E-state index contributed by atoms with van der Waals surface area (Å²) < 4.78 is 2.01. The van der Waals surface area contributed by atoms with Crippen LogP contribution in [0.5, 0.6) is 0 Å². The molecule has 1 aromatic heterocycles. The van der Waals surface area contributed by atoms with E-state index >= 15 is 0 Å². The van der Waals surface area contributed by atoms with Crippen molar-refractivity contribution in [1.82, 2.24) is 15.1 Å². The molecule has 2 rings (SSSR count). The van der Waals surface area contributed by atoms with E-state index in [-0.39, 0.29) is 5.92 Å². The van der Waals surface area contributed by atoms with Crippen molar-refractivity contribution < 1.29 is 4.79 Å².